The Morgan fingerprint density at radius 1 is 1.29 bits per heavy atom. The molecule has 0 spiro atoms. The van der Waals surface area contributed by atoms with Gasteiger partial charge in [0.05, 0.1) is 0 Å². The van der Waals surface area contributed by atoms with E-state index in [1.54, 1.807) is 0 Å². The number of nitrogens with two attached hydrogens (primary N) is 1. The molecule has 0 amide bonds. The van der Waals surface area contributed by atoms with Crippen LogP contribution in [0.1, 0.15) is 42.9 Å². The van der Waals surface area contributed by atoms with E-state index >= 15 is 0 Å². The smallest absolute Gasteiger partial charge is 0.0381 e. The van der Waals surface area contributed by atoms with E-state index in [0.29, 0.717) is 0 Å². The molecular weight excluding hydrogens is 170 g/mol. The fourth-order valence-electron chi connectivity index (χ4n) is 2.33. The summed E-state index contributed by atoms with van der Waals surface area (Å²) in [6, 6.07) is 4.51. The molecule has 0 unspecified atom stereocenters. The van der Waals surface area contributed by atoms with Crippen molar-refractivity contribution in [1.29, 1.82) is 0 Å². The lowest BCUT2D eigenvalue weighted by molar-refractivity contribution is 0.795. The fraction of sp³-hybridized carbons (Fsp3) is 0.538. The molecule has 1 aliphatic rings. The first-order valence-electron chi connectivity index (χ1n) is 5.72. The molecule has 1 aliphatic carbocycles. The van der Waals surface area contributed by atoms with Crippen LogP contribution in [0.5, 0.6) is 0 Å². The number of unbranched alkanes of at least 4 members (excludes halogenated alkanes) is 1. The number of rotatable bonds is 3. The van der Waals surface area contributed by atoms with Gasteiger partial charge in [-0.3, -0.25) is 0 Å². The summed E-state index contributed by atoms with van der Waals surface area (Å²) in [6.45, 7) is 2.23. The first-order chi connectivity index (χ1) is 6.83. The molecule has 0 aromatic heterocycles. The second-order valence-electron chi connectivity index (χ2n) is 4.23. The van der Waals surface area contributed by atoms with Gasteiger partial charge in [-0.25, -0.2) is 0 Å². The van der Waals surface area contributed by atoms with Crippen molar-refractivity contribution in [2.24, 2.45) is 0 Å². The average Bonchev–Trinajstić information content (AvgIpc) is 2.66. The van der Waals surface area contributed by atoms with Gasteiger partial charge >= 0.3 is 0 Å². The minimum Gasteiger partial charge on any atom is -0.398 e. The lowest BCUT2D eigenvalue weighted by Gasteiger charge is -2.10. The van der Waals surface area contributed by atoms with Crippen LogP contribution in [-0.4, -0.2) is 0 Å². The highest BCUT2D eigenvalue weighted by atomic mass is 14.6. The summed E-state index contributed by atoms with van der Waals surface area (Å²) in [5.41, 5.74) is 11.6. The van der Waals surface area contributed by atoms with E-state index in [1.165, 1.54) is 48.8 Å². The molecule has 2 N–H and O–H groups in total. The second kappa shape index (κ2) is 4.04. The molecule has 0 saturated carbocycles. The fourth-order valence-corrected chi connectivity index (χ4v) is 2.33. The van der Waals surface area contributed by atoms with Crippen molar-refractivity contribution in [1.82, 2.24) is 0 Å². The Balaban J connectivity index is 2.26. The van der Waals surface area contributed by atoms with Gasteiger partial charge in [0, 0.05) is 5.69 Å². The molecule has 1 aromatic carbocycles. The number of benzene rings is 1. The third-order valence-electron chi connectivity index (χ3n) is 3.22. The molecule has 0 atom stereocenters. The molecule has 0 fully saturated rings. The molecule has 0 saturated heterocycles. The van der Waals surface area contributed by atoms with Crippen molar-refractivity contribution < 1.29 is 0 Å². The molecule has 0 bridgehead atoms. The van der Waals surface area contributed by atoms with Crippen molar-refractivity contribution in [2.45, 2.75) is 45.4 Å². The Hall–Kier alpha value is -0.980. The predicted molar refractivity (Wildman–Crippen MR) is 61.5 cm³/mol. The predicted octanol–water partition coefficient (Wildman–Crippen LogP) is 3.10. The van der Waals surface area contributed by atoms with Crippen LogP contribution in [0.3, 0.4) is 0 Å². The zero-order valence-electron chi connectivity index (χ0n) is 8.97. The molecule has 1 heteroatoms. The minimum atomic E-state index is 1.09. The highest BCUT2D eigenvalue weighted by molar-refractivity contribution is 5.58. The minimum absolute atomic E-state index is 1.09. The Bertz CT molecular complexity index is 328. The first kappa shape index (κ1) is 9.57. The quantitative estimate of drug-likeness (QED) is 0.726. The number of aryl methyl sites for hydroxylation is 2. The van der Waals surface area contributed by atoms with Crippen LogP contribution in [0.4, 0.5) is 5.69 Å². The number of fused-ring (bicyclic) bond motifs is 1. The van der Waals surface area contributed by atoms with E-state index in [0.717, 1.165) is 12.1 Å². The van der Waals surface area contributed by atoms with Gasteiger partial charge in [-0.05, 0) is 48.8 Å². The molecule has 14 heavy (non-hydrogen) atoms. The Labute approximate surface area is 86.3 Å². The summed E-state index contributed by atoms with van der Waals surface area (Å²) in [6.07, 6.45) is 7.36. The number of anilines is 1. The summed E-state index contributed by atoms with van der Waals surface area (Å²) < 4.78 is 0. The van der Waals surface area contributed by atoms with Gasteiger partial charge in [-0.1, -0.05) is 25.5 Å². The van der Waals surface area contributed by atoms with Crippen LogP contribution in [0.25, 0.3) is 0 Å². The lowest BCUT2D eigenvalue weighted by atomic mass is 9.99. The SMILES string of the molecule is CCCCc1ccc2c(c1N)CCC2. The molecule has 76 valence electrons. The van der Waals surface area contributed by atoms with Gasteiger partial charge in [-0.2, -0.15) is 0 Å². The van der Waals surface area contributed by atoms with Gasteiger partial charge in [-0.15, -0.1) is 0 Å². The van der Waals surface area contributed by atoms with Gasteiger partial charge < -0.3 is 5.73 Å². The van der Waals surface area contributed by atoms with Gasteiger partial charge in [0.1, 0.15) is 0 Å². The Morgan fingerprint density at radius 3 is 2.93 bits per heavy atom. The highest BCUT2D eigenvalue weighted by Crippen LogP contribution is 2.30. The number of nitrogen functional groups attached to an aromatic ring is 1. The summed E-state index contributed by atoms with van der Waals surface area (Å²) in [4.78, 5) is 0. The van der Waals surface area contributed by atoms with Crippen LogP contribution >= 0.6 is 0 Å². The van der Waals surface area contributed by atoms with Gasteiger partial charge in [0.15, 0.2) is 0 Å². The molecule has 0 heterocycles. The molecule has 1 aromatic rings. The largest absolute Gasteiger partial charge is 0.398 e. The summed E-state index contributed by atoms with van der Waals surface area (Å²) in [5, 5.41) is 0. The summed E-state index contributed by atoms with van der Waals surface area (Å²) in [5.74, 6) is 0. The van der Waals surface area contributed by atoms with Crippen molar-refractivity contribution in [3.63, 3.8) is 0 Å². The van der Waals surface area contributed by atoms with E-state index in [-0.39, 0.29) is 0 Å². The average molecular weight is 189 g/mol. The topological polar surface area (TPSA) is 26.0 Å². The maximum absolute atomic E-state index is 6.18. The normalized spacial score (nSPS) is 14.4. The van der Waals surface area contributed by atoms with Gasteiger partial charge in [0.2, 0.25) is 0 Å². The Kier molecular flexibility index (Phi) is 2.76. The van der Waals surface area contributed by atoms with E-state index in [2.05, 4.69) is 19.1 Å². The third-order valence-corrected chi connectivity index (χ3v) is 3.22. The summed E-state index contributed by atoms with van der Waals surface area (Å²) >= 11 is 0. The maximum atomic E-state index is 6.18. The summed E-state index contributed by atoms with van der Waals surface area (Å²) in [7, 11) is 0. The van der Waals surface area contributed by atoms with Crippen LogP contribution < -0.4 is 5.73 Å². The van der Waals surface area contributed by atoms with E-state index < -0.39 is 0 Å². The van der Waals surface area contributed by atoms with Crippen molar-refractivity contribution >= 4 is 5.69 Å². The van der Waals surface area contributed by atoms with E-state index in [4.69, 9.17) is 5.73 Å². The van der Waals surface area contributed by atoms with E-state index in [9.17, 15) is 0 Å². The molecular formula is C13H19N. The zero-order valence-corrected chi connectivity index (χ0v) is 8.97. The van der Waals surface area contributed by atoms with Crippen LogP contribution in [0, 0.1) is 0 Å². The van der Waals surface area contributed by atoms with Crippen molar-refractivity contribution in [3.05, 3.63) is 28.8 Å². The first-order valence-corrected chi connectivity index (χ1v) is 5.72. The lowest BCUT2D eigenvalue weighted by Crippen LogP contribution is -1.99. The molecule has 1 nitrogen and oxygen atoms in total. The number of hydrogen-bond donors (Lipinski definition) is 1. The molecule has 0 radical (unpaired) electrons. The van der Waals surface area contributed by atoms with Crippen LogP contribution in [-0.2, 0) is 19.3 Å². The van der Waals surface area contributed by atoms with Crippen LogP contribution in [0.2, 0.25) is 0 Å². The zero-order chi connectivity index (χ0) is 9.97. The molecule has 2 rings (SSSR count). The van der Waals surface area contributed by atoms with Crippen LogP contribution in [0.15, 0.2) is 12.1 Å². The maximum Gasteiger partial charge on any atom is 0.0381 e. The third kappa shape index (κ3) is 1.63. The van der Waals surface area contributed by atoms with Crippen molar-refractivity contribution in [2.75, 3.05) is 5.73 Å². The standard InChI is InChI=1S/C13H19N/c1-2-3-5-11-9-8-10-6-4-7-12(10)13(11)14/h8-9H,2-7,14H2,1H3. The second-order valence-corrected chi connectivity index (χ2v) is 4.23. The highest BCUT2D eigenvalue weighted by Gasteiger charge is 2.15. The number of hydrogen-bond acceptors (Lipinski definition) is 1. The van der Waals surface area contributed by atoms with E-state index in [1.807, 2.05) is 0 Å². The Morgan fingerprint density at radius 2 is 2.14 bits per heavy atom. The monoisotopic (exact) mass is 189 g/mol. The van der Waals surface area contributed by atoms with Gasteiger partial charge in [0.25, 0.3) is 0 Å². The van der Waals surface area contributed by atoms with Crippen molar-refractivity contribution in [3.8, 4) is 0 Å². The molecule has 0 aliphatic heterocycles.